The molecule has 2 aromatic carbocycles. The van der Waals surface area contributed by atoms with E-state index >= 15 is 0 Å². The minimum absolute atomic E-state index is 0.0157. The molecule has 0 heterocycles. The molecule has 0 saturated heterocycles. The van der Waals surface area contributed by atoms with Crippen LogP contribution in [0.3, 0.4) is 0 Å². The van der Waals surface area contributed by atoms with Gasteiger partial charge < -0.3 is 14.9 Å². The minimum atomic E-state index is -0.208. The van der Waals surface area contributed by atoms with E-state index in [0.29, 0.717) is 5.75 Å². The SMILES string of the molecule is CC(C)Oc1cc2c(cc1O)C(C)(c1ccc(O)cc1)CC2(C)C. The second-order valence-electron chi connectivity index (χ2n) is 7.97. The number of hydrogen-bond acceptors (Lipinski definition) is 3. The molecule has 2 aromatic rings. The Morgan fingerprint density at radius 1 is 0.958 bits per heavy atom. The van der Waals surface area contributed by atoms with Crippen molar-refractivity contribution in [1.82, 2.24) is 0 Å². The molecule has 1 atom stereocenters. The highest BCUT2D eigenvalue weighted by Gasteiger charge is 2.46. The molecule has 0 saturated carbocycles. The molecule has 128 valence electrons. The largest absolute Gasteiger partial charge is 0.508 e. The third-order valence-electron chi connectivity index (χ3n) is 5.09. The molecule has 1 aliphatic carbocycles. The molecule has 1 aliphatic rings. The Balaban J connectivity index is 2.16. The maximum atomic E-state index is 10.5. The number of phenolic OH excluding ortho intramolecular Hbond substituents is 2. The molecule has 2 N–H and O–H groups in total. The lowest BCUT2D eigenvalue weighted by Crippen LogP contribution is -2.23. The van der Waals surface area contributed by atoms with Gasteiger partial charge in [-0.15, -0.1) is 0 Å². The molecule has 0 bridgehead atoms. The number of rotatable bonds is 3. The highest BCUT2D eigenvalue weighted by molar-refractivity contribution is 5.58. The molecule has 0 aliphatic heterocycles. The van der Waals surface area contributed by atoms with Crippen molar-refractivity contribution in [3.05, 3.63) is 53.1 Å². The van der Waals surface area contributed by atoms with Gasteiger partial charge in [0, 0.05) is 5.41 Å². The molecule has 24 heavy (non-hydrogen) atoms. The minimum Gasteiger partial charge on any atom is -0.508 e. The van der Waals surface area contributed by atoms with Crippen LogP contribution in [0.15, 0.2) is 36.4 Å². The van der Waals surface area contributed by atoms with Crippen LogP contribution < -0.4 is 4.74 Å². The predicted molar refractivity (Wildman–Crippen MR) is 96.1 cm³/mol. The first-order chi connectivity index (χ1) is 11.1. The van der Waals surface area contributed by atoms with Crippen LogP contribution in [0.25, 0.3) is 0 Å². The van der Waals surface area contributed by atoms with Crippen molar-refractivity contribution in [2.24, 2.45) is 0 Å². The van der Waals surface area contributed by atoms with E-state index in [1.165, 1.54) is 5.56 Å². The molecule has 3 rings (SSSR count). The van der Waals surface area contributed by atoms with Crippen LogP contribution in [0.2, 0.25) is 0 Å². The van der Waals surface area contributed by atoms with Gasteiger partial charge in [-0.25, -0.2) is 0 Å². The quantitative estimate of drug-likeness (QED) is 0.846. The fraction of sp³-hybridized carbons (Fsp3) is 0.429. The molecule has 3 nitrogen and oxygen atoms in total. The van der Waals surface area contributed by atoms with Crippen LogP contribution in [-0.4, -0.2) is 16.3 Å². The maximum absolute atomic E-state index is 10.5. The highest BCUT2D eigenvalue weighted by Crippen LogP contribution is 2.55. The van der Waals surface area contributed by atoms with Gasteiger partial charge in [-0.1, -0.05) is 32.9 Å². The van der Waals surface area contributed by atoms with E-state index in [0.717, 1.165) is 17.5 Å². The Morgan fingerprint density at radius 2 is 1.58 bits per heavy atom. The van der Waals surface area contributed by atoms with Crippen molar-refractivity contribution in [1.29, 1.82) is 0 Å². The molecule has 0 radical (unpaired) electrons. The first-order valence-electron chi connectivity index (χ1n) is 8.47. The first kappa shape index (κ1) is 16.7. The molecular weight excluding hydrogens is 300 g/mol. The zero-order valence-electron chi connectivity index (χ0n) is 15.1. The lowest BCUT2D eigenvalue weighted by Gasteiger charge is -2.28. The Kier molecular flexibility index (Phi) is 3.78. The summed E-state index contributed by atoms with van der Waals surface area (Å²) in [5, 5.41) is 20.0. The molecule has 1 unspecified atom stereocenters. The van der Waals surface area contributed by atoms with Crippen molar-refractivity contribution >= 4 is 0 Å². The molecule has 0 aromatic heterocycles. The summed E-state index contributed by atoms with van der Waals surface area (Å²) in [6.07, 6.45) is 0.951. The van der Waals surface area contributed by atoms with Gasteiger partial charge in [0.25, 0.3) is 0 Å². The summed E-state index contributed by atoms with van der Waals surface area (Å²) < 4.78 is 5.77. The van der Waals surface area contributed by atoms with Crippen molar-refractivity contribution < 1.29 is 14.9 Å². The topological polar surface area (TPSA) is 49.7 Å². The van der Waals surface area contributed by atoms with E-state index in [-0.39, 0.29) is 28.4 Å². The van der Waals surface area contributed by atoms with Crippen LogP contribution in [0.5, 0.6) is 17.2 Å². The summed E-state index contributed by atoms with van der Waals surface area (Å²) >= 11 is 0. The number of fused-ring (bicyclic) bond motifs is 1. The van der Waals surface area contributed by atoms with Gasteiger partial charge in [-0.3, -0.25) is 0 Å². The Bertz CT molecular complexity index is 759. The van der Waals surface area contributed by atoms with E-state index in [1.807, 2.05) is 38.1 Å². The lowest BCUT2D eigenvalue weighted by molar-refractivity contribution is 0.231. The number of aromatic hydroxyl groups is 2. The number of ether oxygens (including phenoxy) is 1. The average molecular weight is 326 g/mol. The Labute approximate surface area is 143 Å². The molecular formula is C21H26O3. The van der Waals surface area contributed by atoms with E-state index in [2.05, 4.69) is 20.8 Å². The third-order valence-corrected chi connectivity index (χ3v) is 5.09. The van der Waals surface area contributed by atoms with Crippen LogP contribution in [0.1, 0.15) is 57.7 Å². The summed E-state index contributed by atoms with van der Waals surface area (Å²) in [7, 11) is 0. The summed E-state index contributed by atoms with van der Waals surface area (Å²) in [5.41, 5.74) is 3.26. The predicted octanol–water partition coefficient (Wildman–Crippen LogP) is 4.87. The van der Waals surface area contributed by atoms with Crippen LogP contribution in [0.4, 0.5) is 0 Å². The van der Waals surface area contributed by atoms with Crippen molar-refractivity contribution in [2.45, 2.75) is 58.0 Å². The van der Waals surface area contributed by atoms with E-state index in [4.69, 9.17) is 4.74 Å². The Morgan fingerprint density at radius 3 is 2.17 bits per heavy atom. The molecule has 0 spiro atoms. The van der Waals surface area contributed by atoms with Gasteiger partial charge in [0.05, 0.1) is 6.10 Å². The maximum Gasteiger partial charge on any atom is 0.161 e. The van der Waals surface area contributed by atoms with Gasteiger partial charge >= 0.3 is 0 Å². The number of phenols is 2. The molecule has 3 heteroatoms. The summed E-state index contributed by atoms with van der Waals surface area (Å²) in [6.45, 7) is 10.6. The third kappa shape index (κ3) is 2.62. The molecule has 0 fully saturated rings. The monoisotopic (exact) mass is 326 g/mol. The lowest BCUT2D eigenvalue weighted by atomic mass is 9.75. The fourth-order valence-corrected chi connectivity index (χ4v) is 4.09. The van der Waals surface area contributed by atoms with Crippen molar-refractivity contribution in [3.63, 3.8) is 0 Å². The van der Waals surface area contributed by atoms with E-state index < -0.39 is 0 Å². The smallest absolute Gasteiger partial charge is 0.161 e. The van der Waals surface area contributed by atoms with Crippen molar-refractivity contribution in [3.8, 4) is 17.2 Å². The van der Waals surface area contributed by atoms with Crippen LogP contribution in [0, 0.1) is 0 Å². The Hall–Kier alpha value is -2.16. The van der Waals surface area contributed by atoms with Gasteiger partial charge in [-0.05, 0) is 66.6 Å². The number of hydrogen-bond donors (Lipinski definition) is 2. The zero-order chi connectivity index (χ0) is 17.7. The number of benzene rings is 2. The van der Waals surface area contributed by atoms with Crippen molar-refractivity contribution in [2.75, 3.05) is 0 Å². The summed E-state index contributed by atoms with van der Waals surface area (Å²) in [4.78, 5) is 0. The standard InChI is InChI=1S/C21H26O3/c1-13(2)24-19-11-16-17(10-18(19)23)21(5,12-20(16,3)4)14-6-8-15(22)9-7-14/h6-11,13,22-23H,12H2,1-5H3. The zero-order valence-corrected chi connectivity index (χ0v) is 15.1. The van der Waals surface area contributed by atoms with Gasteiger partial charge in [-0.2, -0.15) is 0 Å². The summed E-state index contributed by atoms with van der Waals surface area (Å²) in [6, 6.07) is 11.2. The second kappa shape index (κ2) is 5.44. The first-order valence-corrected chi connectivity index (χ1v) is 8.47. The fourth-order valence-electron chi connectivity index (χ4n) is 4.09. The summed E-state index contributed by atoms with van der Waals surface area (Å²) in [5.74, 6) is 1.00. The normalized spacial score (nSPS) is 21.8. The van der Waals surface area contributed by atoms with Crippen LogP contribution >= 0.6 is 0 Å². The average Bonchev–Trinajstić information content (AvgIpc) is 2.67. The van der Waals surface area contributed by atoms with Crippen LogP contribution in [-0.2, 0) is 10.8 Å². The second-order valence-corrected chi connectivity index (χ2v) is 7.97. The van der Waals surface area contributed by atoms with Gasteiger partial charge in [0.15, 0.2) is 11.5 Å². The molecule has 0 amide bonds. The van der Waals surface area contributed by atoms with E-state index in [1.54, 1.807) is 12.1 Å². The van der Waals surface area contributed by atoms with Gasteiger partial charge in [0.1, 0.15) is 5.75 Å². The van der Waals surface area contributed by atoms with Gasteiger partial charge in [0.2, 0.25) is 0 Å². The van der Waals surface area contributed by atoms with E-state index in [9.17, 15) is 10.2 Å². The highest BCUT2D eigenvalue weighted by atomic mass is 16.5.